The van der Waals surface area contributed by atoms with Crippen molar-refractivity contribution in [1.29, 1.82) is 0 Å². The molecule has 1 fully saturated rings. The highest BCUT2D eigenvalue weighted by Crippen LogP contribution is 2.29. The van der Waals surface area contributed by atoms with Crippen LogP contribution in [0.1, 0.15) is 36.2 Å². The Bertz CT molecular complexity index is 755. The number of hydrogen-bond donors (Lipinski definition) is 0. The summed E-state index contributed by atoms with van der Waals surface area (Å²) < 4.78 is 19.0. The third-order valence-corrected chi connectivity index (χ3v) is 5.25. The minimum Gasteiger partial charge on any atom is -0.497 e. The minimum absolute atomic E-state index is 0.112. The van der Waals surface area contributed by atoms with Gasteiger partial charge in [-0.3, -0.25) is 4.90 Å². The Morgan fingerprint density at radius 3 is 2.85 bits per heavy atom. The van der Waals surface area contributed by atoms with E-state index in [1.165, 1.54) is 0 Å². The first kappa shape index (κ1) is 17.3. The molecule has 4 rings (SSSR count). The predicted octanol–water partition coefficient (Wildman–Crippen LogP) is 2.21. The van der Waals surface area contributed by atoms with Gasteiger partial charge in [-0.25, -0.2) is 0 Å². The highest BCUT2D eigenvalue weighted by atomic mass is 16.5. The largest absolute Gasteiger partial charge is 0.497 e. The van der Waals surface area contributed by atoms with Gasteiger partial charge in [-0.15, -0.1) is 10.2 Å². The zero-order valence-corrected chi connectivity index (χ0v) is 15.5. The quantitative estimate of drug-likeness (QED) is 0.817. The molecule has 1 atom stereocenters. The van der Waals surface area contributed by atoms with E-state index in [1.54, 1.807) is 14.2 Å². The van der Waals surface area contributed by atoms with Gasteiger partial charge in [-0.2, -0.15) is 0 Å². The molecule has 0 N–H and O–H groups in total. The van der Waals surface area contributed by atoms with Gasteiger partial charge in [0.2, 0.25) is 0 Å². The molecule has 0 bridgehead atoms. The van der Waals surface area contributed by atoms with Crippen LogP contribution in [0.15, 0.2) is 18.2 Å². The molecule has 2 aliphatic heterocycles. The van der Waals surface area contributed by atoms with Crippen LogP contribution >= 0.6 is 0 Å². The fraction of sp³-hybridized carbons (Fsp3) is 0.579. The standard InChI is InChI=1S/C19H26N4O3/c1-24-15-5-6-16(25-2)14(12-15)13-22-8-7-18-20-21-19(23(18)10-9-22)17-4-3-11-26-17/h5-6,12,17H,3-4,7-11,13H2,1-2H3. The van der Waals surface area contributed by atoms with Crippen LogP contribution in [0, 0.1) is 0 Å². The summed E-state index contributed by atoms with van der Waals surface area (Å²) >= 11 is 0. The maximum atomic E-state index is 5.82. The number of rotatable bonds is 5. The zero-order chi connectivity index (χ0) is 17.9. The zero-order valence-electron chi connectivity index (χ0n) is 15.5. The average Bonchev–Trinajstić information content (AvgIpc) is 3.29. The first-order valence-electron chi connectivity index (χ1n) is 9.25. The summed E-state index contributed by atoms with van der Waals surface area (Å²) in [5.41, 5.74) is 1.14. The Kier molecular flexibility index (Phi) is 5.08. The Labute approximate surface area is 153 Å². The summed E-state index contributed by atoms with van der Waals surface area (Å²) in [5, 5.41) is 8.84. The predicted molar refractivity (Wildman–Crippen MR) is 96.5 cm³/mol. The van der Waals surface area contributed by atoms with Gasteiger partial charge in [0.25, 0.3) is 0 Å². The van der Waals surface area contributed by atoms with E-state index in [1.807, 2.05) is 12.1 Å². The van der Waals surface area contributed by atoms with E-state index in [4.69, 9.17) is 14.2 Å². The third-order valence-electron chi connectivity index (χ3n) is 5.25. The van der Waals surface area contributed by atoms with E-state index in [0.717, 1.165) is 80.8 Å². The number of nitrogens with zero attached hydrogens (tertiary/aromatic N) is 4. The van der Waals surface area contributed by atoms with Gasteiger partial charge in [0.15, 0.2) is 5.82 Å². The fourth-order valence-electron chi connectivity index (χ4n) is 3.81. The van der Waals surface area contributed by atoms with Crippen LogP contribution in [0.2, 0.25) is 0 Å². The van der Waals surface area contributed by atoms with Gasteiger partial charge in [0.05, 0.1) is 14.2 Å². The lowest BCUT2D eigenvalue weighted by Crippen LogP contribution is -2.27. The lowest BCUT2D eigenvalue weighted by Gasteiger charge is -2.21. The Balaban J connectivity index is 1.48. The van der Waals surface area contributed by atoms with Crippen LogP contribution in [0.5, 0.6) is 11.5 Å². The Morgan fingerprint density at radius 2 is 2.08 bits per heavy atom. The van der Waals surface area contributed by atoms with Crippen molar-refractivity contribution in [3.63, 3.8) is 0 Å². The molecule has 2 aromatic rings. The number of ether oxygens (including phenoxy) is 3. The highest BCUT2D eigenvalue weighted by Gasteiger charge is 2.27. The van der Waals surface area contributed by atoms with E-state index < -0.39 is 0 Å². The number of hydrogen-bond acceptors (Lipinski definition) is 6. The summed E-state index contributed by atoms with van der Waals surface area (Å²) in [4.78, 5) is 2.44. The maximum Gasteiger partial charge on any atom is 0.162 e. The van der Waals surface area contributed by atoms with Gasteiger partial charge in [0, 0.05) is 44.8 Å². The van der Waals surface area contributed by atoms with Crippen molar-refractivity contribution in [1.82, 2.24) is 19.7 Å². The van der Waals surface area contributed by atoms with Crippen LogP contribution in [-0.4, -0.2) is 53.6 Å². The van der Waals surface area contributed by atoms with Gasteiger partial charge in [0.1, 0.15) is 23.4 Å². The number of methoxy groups -OCH3 is 2. The smallest absolute Gasteiger partial charge is 0.162 e. The van der Waals surface area contributed by atoms with Gasteiger partial charge >= 0.3 is 0 Å². The summed E-state index contributed by atoms with van der Waals surface area (Å²) in [7, 11) is 3.40. The van der Waals surface area contributed by atoms with Crippen LogP contribution < -0.4 is 9.47 Å². The molecule has 1 saturated heterocycles. The van der Waals surface area contributed by atoms with Crippen LogP contribution in [0.4, 0.5) is 0 Å². The summed E-state index contributed by atoms with van der Waals surface area (Å²) in [6, 6.07) is 5.96. The van der Waals surface area contributed by atoms with Crippen molar-refractivity contribution in [3.05, 3.63) is 35.4 Å². The molecule has 3 heterocycles. The highest BCUT2D eigenvalue weighted by molar-refractivity contribution is 5.40. The molecule has 2 aliphatic rings. The summed E-state index contributed by atoms with van der Waals surface area (Å²) in [5.74, 6) is 3.82. The van der Waals surface area contributed by atoms with Crippen molar-refractivity contribution >= 4 is 0 Å². The number of aromatic nitrogens is 3. The second-order valence-corrected chi connectivity index (χ2v) is 6.83. The molecule has 7 heteroatoms. The Hall–Kier alpha value is -2.12. The van der Waals surface area contributed by atoms with E-state index in [9.17, 15) is 0 Å². The molecule has 1 unspecified atom stereocenters. The molecule has 0 amide bonds. The molecule has 7 nitrogen and oxygen atoms in total. The van der Waals surface area contributed by atoms with E-state index in [-0.39, 0.29) is 6.10 Å². The average molecular weight is 358 g/mol. The second-order valence-electron chi connectivity index (χ2n) is 6.83. The molecule has 140 valence electrons. The van der Waals surface area contributed by atoms with Crippen molar-refractivity contribution in [2.75, 3.05) is 33.9 Å². The molecule has 0 spiro atoms. The van der Waals surface area contributed by atoms with Gasteiger partial charge < -0.3 is 18.8 Å². The van der Waals surface area contributed by atoms with Crippen molar-refractivity contribution in [3.8, 4) is 11.5 Å². The third kappa shape index (κ3) is 3.41. The number of benzene rings is 1. The molecular weight excluding hydrogens is 332 g/mol. The molecule has 26 heavy (non-hydrogen) atoms. The van der Waals surface area contributed by atoms with Crippen LogP contribution in [-0.2, 0) is 24.2 Å². The van der Waals surface area contributed by atoms with Crippen LogP contribution in [0.25, 0.3) is 0 Å². The lowest BCUT2D eigenvalue weighted by atomic mass is 10.1. The molecule has 0 saturated carbocycles. The minimum atomic E-state index is 0.112. The van der Waals surface area contributed by atoms with Crippen LogP contribution in [0.3, 0.4) is 0 Å². The monoisotopic (exact) mass is 358 g/mol. The maximum absolute atomic E-state index is 5.82. The molecule has 0 aliphatic carbocycles. The molecule has 1 aromatic heterocycles. The summed E-state index contributed by atoms with van der Waals surface area (Å²) in [6.07, 6.45) is 3.16. The van der Waals surface area contributed by atoms with E-state index in [2.05, 4.69) is 25.7 Å². The topological polar surface area (TPSA) is 61.6 Å². The van der Waals surface area contributed by atoms with Gasteiger partial charge in [-0.1, -0.05) is 0 Å². The summed E-state index contributed by atoms with van der Waals surface area (Å²) in [6.45, 7) is 4.45. The number of fused-ring (bicyclic) bond motifs is 1. The normalized spacial score (nSPS) is 20.6. The van der Waals surface area contributed by atoms with Crippen molar-refractivity contribution < 1.29 is 14.2 Å². The van der Waals surface area contributed by atoms with E-state index in [0.29, 0.717) is 0 Å². The molecule has 1 aromatic carbocycles. The SMILES string of the molecule is COc1ccc(OC)c(CN2CCc3nnc(C4CCCO4)n3CC2)c1. The molecule has 0 radical (unpaired) electrons. The van der Waals surface area contributed by atoms with E-state index >= 15 is 0 Å². The van der Waals surface area contributed by atoms with Crippen molar-refractivity contribution in [2.24, 2.45) is 0 Å². The second kappa shape index (κ2) is 7.63. The first-order valence-corrected chi connectivity index (χ1v) is 9.25. The van der Waals surface area contributed by atoms with Crippen molar-refractivity contribution in [2.45, 2.75) is 38.5 Å². The first-order chi connectivity index (χ1) is 12.8. The lowest BCUT2D eigenvalue weighted by molar-refractivity contribution is 0.101. The van der Waals surface area contributed by atoms with Gasteiger partial charge in [-0.05, 0) is 31.0 Å². The molecular formula is C19H26N4O3. The fourth-order valence-corrected chi connectivity index (χ4v) is 3.81. The Morgan fingerprint density at radius 1 is 1.15 bits per heavy atom.